The van der Waals surface area contributed by atoms with Crippen molar-refractivity contribution in [2.75, 3.05) is 0 Å². The van der Waals surface area contributed by atoms with E-state index in [1.54, 1.807) is 10.9 Å². The van der Waals surface area contributed by atoms with Gasteiger partial charge < -0.3 is 5.32 Å². The SMILES string of the molecule is Cc1c(I)cnn1CCC(=O)NCc1cnn(C)c1. The summed E-state index contributed by atoms with van der Waals surface area (Å²) in [5.74, 6) is 0.0220. The summed E-state index contributed by atoms with van der Waals surface area (Å²) < 4.78 is 4.69. The topological polar surface area (TPSA) is 64.7 Å². The van der Waals surface area contributed by atoms with E-state index >= 15 is 0 Å². The molecule has 102 valence electrons. The van der Waals surface area contributed by atoms with Crippen LogP contribution in [0.5, 0.6) is 0 Å². The predicted molar refractivity (Wildman–Crippen MR) is 79.4 cm³/mol. The number of rotatable bonds is 5. The minimum atomic E-state index is 0.0220. The van der Waals surface area contributed by atoms with E-state index in [4.69, 9.17) is 0 Å². The zero-order valence-electron chi connectivity index (χ0n) is 10.9. The first-order valence-electron chi connectivity index (χ1n) is 5.98. The van der Waals surface area contributed by atoms with Crippen LogP contribution in [0.2, 0.25) is 0 Å². The van der Waals surface area contributed by atoms with Gasteiger partial charge in [0.05, 0.1) is 16.0 Å². The molecule has 0 spiro atoms. The number of carbonyl (C=O) groups excluding carboxylic acids is 1. The van der Waals surface area contributed by atoms with Gasteiger partial charge in [0.1, 0.15) is 0 Å². The molecule has 0 aliphatic rings. The van der Waals surface area contributed by atoms with E-state index in [0.29, 0.717) is 19.5 Å². The van der Waals surface area contributed by atoms with Gasteiger partial charge >= 0.3 is 0 Å². The molecule has 0 unspecified atom stereocenters. The molecule has 2 aromatic rings. The van der Waals surface area contributed by atoms with Gasteiger partial charge in [0.2, 0.25) is 5.91 Å². The fraction of sp³-hybridized carbons (Fsp3) is 0.417. The van der Waals surface area contributed by atoms with Gasteiger partial charge in [-0.15, -0.1) is 0 Å². The van der Waals surface area contributed by atoms with Crippen LogP contribution >= 0.6 is 22.6 Å². The van der Waals surface area contributed by atoms with Crippen LogP contribution in [-0.2, 0) is 24.9 Å². The van der Waals surface area contributed by atoms with Gasteiger partial charge in [0.25, 0.3) is 0 Å². The summed E-state index contributed by atoms with van der Waals surface area (Å²) in [5, 5.41) is 11.2. The Labute approximate surface area is 125 Å². The highest BCUT2D eigenvalue weighted by atomic mass is 127. The number of halogens is 1. The van der Waals surface area contributed by atoms with Crippen LogP contribution in [0.3, 0.4) is 0 Å². The third-order valence-corrected chi connectivity index (χ3v) is 3.90. The predicted octanol–water partition coefficient (Wildman–Crippen LogP) is 1.24. The molecule has 0 saturated carbocycles. The quantitative estimate of drug-likeness (QED) is 0.803. The first-order chi connectivity index (χ1) is 9.06. The number of hydrogen-bond donors (Lipinski definition) is 1. The van der Waals surface area contributed by atoms with Crippen molar-refractivity contribution in [3.63, 3.8) is 0 Å². The molecule has 6 nitrogen and oxygen atoms in total. The minimum absolute atomic E-state index is 0.0220. The Bertz CT molecular complexity index is 574. The first kappa shape index (κ1) is 14.0. The summed E-state index contributed by atoms with van der Waals surface area (Å²) in [6.45, 7) is 3.12. The lowest BCUT2D eigenvalue weighted by molar-refractivity contribution is -0.121. The number of nitrogens with zero attached hydrogens (tertiary/aromatic N) is 4. The summed E-state index contributed by atoms with van der Waals surface area (Å²) >= 11 is 2.24. The van der Waals surface area contributed by atoms with E-state index in [1.165, 1.54) is 0 Å². The molecule has 2 heterocycles. The second kappa shape index (κ2) is 6.18. The summed E-state index contributed by atoms with van der Waals surface area (Å²) in [5.41, 5.74) is 2.10. The maximum atomic E-state index is 11.7. The normalized spacial score (nSPS) is 10.7. The molecule has 0 aromatic carbocycles. The summed E-state index contributed by atoms with van der Waals surface area (Å²) in [6, 6.07) is 0. The molecule has 0 saturated heterocycles. The Hall–Kier alpha value is -1.38. The van der Waals surface area contributed by atoms with Crippen LogP contribution in [0.15, 0.2) is 18.6 Å². The number of amides is 1. The van der Waals surface area contributed by atoms with Crippen molar-refractivity contribution in [1.29, 1.82) is 0 Å². The lowest BCUT2D eigenvalue weighted by atomic mass is 10.3. The van der Waals surface area contributed by atoms with Crippen LogP contribution in [-0.4, -0.2) is 25.5 Å². The largest absolute Gasteiger partial charge is 0.352 e. The lowest BCUT2D eigenvalue weighted by Gasteiger charge is -2.05. The molecule has 2 aromatic heterocycles. The Kier molecular flexibility index (Phi) is 4.56. The van der Waals surface area contributed by atoms with Gasteiger partial charge in [-0.1, -0.05) is 0 Å². The van der Waals surface area contributed by atoms with E-state index in [0.717, 1.165) is 14.8 Å². The first-order valence-corrected chi connectivity index (χ1v) is 7.06. The second-order valence-corrected chi connectivity index (χ2v) is 5.51. The highest BCUT2D eigenvalue weighted by molar-refractivity contribution is 14.1. The highest BCUT2D eigenvalue weighted by Crippen LogP contribution is 2.09. The molecular weight excluding hydrogens is 357 g/mol. The van der Waals surface area contributed by atoms with Crippen molar-refractivity contribution in [3.05, 3.63) is 33.4 Å². The molecule has 1 N–H and O–H groups in total. The van der Waals surface area contributed by atoms with E-state index in [9.17, 15) is 4.79 Å². The van der Waals surface area contributed by atoms with Crippen LogP contribution in [0.25, 0.3) is 0 Å². The number of aryl methyl sites for hydroxylation is 2. The van der Waals surface area contributed by atoms with E-state index in [1.807, 2.05) is 31.0 Å². The Morgan fingerprint density at radius 2 is 2.21 bits per heavy atom. The standard InChI is InChI=1S/C12H16IN5O/c1-9-11(13)7-16-18(9)4-3-12(19)14-5-10-6-15-17(2)8-10/h6-8H,3-5H2,1-2H3,(H,14,19). The molecule has 19 heavy (non-hydrogen) atoms. The second-order valence-electron chi connectivity index (χ2n) is 4.35. The van der Waals surface area contributed by atoms with Gasteiger partial charge in [0, 0.05) is 44.0 Å². The maximum absolute atomic E-state index is 11.7. The van der Waals surface area contributed by atoms with Crippen LogP contribution < -0.4 is 5.32 Å². The Morgan fingerprint density at radius 3 is 2.79 bits per heavy atom. The van der Waals surface area contributed by atoms with Crippen LogP contribution in [0, 0.1) is 10.5 Å². The van der Waals surface area contributed by atoms with Crippen LogP contribution in [0.4, 0.5) is 0 Å². The molecule has 0 bridgehead atoms. The minimum Gasteiger partial charge on any atom is -0.352 e. The monoisotopic (exact) mass is 373 g/mol. The summed E-state index contributed by atoms with van der Waals surface area (Å²) in [4.78, 5) is 11.7. The van der Waals surface area contributed by atoms with Crippen molar-refractivity contribution < 1.29 is 4.79 Å². The molecule has 0 aliphatic carbocycles. The smallest absolute Gasteiger partial charge is 0.222 e. The van der Waals surface area contributed by atoms with Gasteiger partial charge in [-0.25, -0.2) is 0 Å². The summed E-state index contributed by atoms with van der Waals surface area (Å²) in [7, 11) is 1.85. The molecule has 1 amide bonds. The zero-order chi connectivity index (χ0) is 13.8. The van der Waals surface area contributed by atoms with Gasteiger partial charge in [-0.3, -0.25) is 14.2 Å². The van der Waals surface area contributed by atoms with Gasteiger partial charge in [-0.2, -0.15) is 10.2 Å². The average molecular weight is 373 g/mol. The fourth-order valence-electron chi connectivity index (χ4n) is 1.71. The third kappa shape index (κ3) is 3.79. The molecule has 0 radical (unpaired) electrons. The Morgan fingerprint density at radius 1 is 1.42 bits per heavy atom. The van der Waals surface area contributed by atoms with Gasteiger partial charge in [0.15, 0.2) is 0 Å². The molecular formula is C12H16IN5O. The number of carbonyl (C=O) groups is 1. The maximum Gasteiger partial charge on any atom is 0.222 e. The average Bonchev–Trinajstić information content (AvgIpc) is 2.93. The zero-order valence-corrected chi connectivity index (χ0v) is 13.1. The number of aromatic nitrogens is 4. The summed E-state index contributed by atoms with van der Waals surface area (Å²) in [6.07, 6.45) is 5.88. The van der Waals surface area contributed by atoms with Crippen molar-refractivity contribution in [2.24, 2.45) is 7.05 Å². The van der Waals surface area contributed by atoms with Gasteiger partial charge in [-0.05, 0) is 29.5 Å². The lowest BCUT2D eigenvalue weighted by Crippen LogP contribution is -2.24. The van der Waals surface area contributed by atoms with E-state index in [2.05, 4.69) is 38.1 Å². The van der Waals surface area contributed by atoms with Crippen molar-refractivity contribution in [3.8, 4) is 0 Å². The van der Waals surface area contributed by atoms with Crippen molar-refractivity contribution >= 4 is 28.5 Å². The molecule has 2 rings (SSSR count). The number of nitrogens with one attached hydrogen (secondary N) is 1. The molecule has 0 aliphatic heterocycles. The Balaban J connectivity index is 1.77. The van der Waals surface area contributed by atoms with Crippen LogP contribution in [0.1, 0.15) is 17.7 Å². The van der Waals surface area contributed by atoms with Crippen molar-refractivity contribution in [2.45, 2.75) is 26.4 Å². The van der Waals surface area contributed by atoms with Crippen molar-refractivity contribution in [1.82, 2.24) is 24.9 Å². The number of hydrogen-bond acceptors (Lipinski definition) is 3. The molecule has 0 atom stereocenters. The third-order valence-electron chi connectivity index (χ3n) is 2.84. The molecule has 0 fully saturated rings. The molecule has 7 heteroatoms. The fourth-order valence-corrected chi connectivity index (χ4v) is 2.11. The van der Waals surface area contributed by atoms with E-state index in [-0.39, 0.29) is 5.91 Å². The highest BCUT2D eigenvalue weighted by Gasteiger charge is 2.06. The van der Waals surface area contributed by atoms with E-state index < -0.39 is 0 Å².